The van der Waals surface area contributed by atoms with Crippen LogP contribution in [0, 0.1) is 0 Å². The van der Waals surface area contributed by atoms with Gasteiger partial charge in [0.25, 0.3) is 0 Å². The molecule has 0 spiro atoms. The molecule has 1 heterocycles. The quantitative estimate of drug-likeness (QED) is 0.863. The van der Waals surface area contributed by atoms with E-state index < -0.39 is 0 Å². The van der Waals surface area contributed by atoms with Gasteiger partial charge in [-0.2, -0.15) is 0 Å². The van der Waals surface area contributed by atoms with Gasteiger partial charge in [0.1, 0.15) is 6.10 Å². The molecule has 0 bridgehead atoms. The molecular formula is C20H28N2O3. The van der Waals surface area contributed by atoms with Crippen LogP contribution >= 0.6 is 0 Å². The number of aryl methyl sites for hydroxylation is 1. The zero-order valence-corrected chi connectivity index (χ0v) is 15.4. The second-order valence-corrected chi connectivity index (χ2v) is 8.14. The molecule has 0 radical (unpaired) electrons. The molecule has 2 aliphatic rings. The fourth-order valence-electron chi connectivity index (χ4n) is 3.08. The minimum absolute atomic E-state index is 0.000758. The molecule has 2 fully saturated rings. The number of ether oxygens (including phenoxy) is 1. The maximum Gasteiger partial charge on any atom is 0.410 e. The fraction of sp³-hybridized carbons (Fsp3) is 0.600. The van der Waals surface area contributed by atoms with Gasteiger partial charge in [0.05, 0.1) is 13.1 Å². The predicted octanol–water partition coefficient (Wildman–Crippen LogP) is 3.02. The van der Waals surface area contributed by atoms with Crippen molar-refractivity contribution in [3.63, 3.8) is 0 Å². The van der Waals surface area contributed by atoms with Gasteiger partial charge in [-0.15, -0.1) is 0 Å². The van der Waals surface area contributed by atoms with Gasteiger partial charge >= 0.3 is 6.09 Å². The van der Waals surface area contributed by atoms with E-state index in [1.807, 2.05) is 0 Å². The van der Waals surface area contributed by atoms with Crippen molar-refractivity contribution in [2.24, 2.45) is 0 Å². The summed E-state index contributed by atoms with van der Waals surface area (Å²) >= 11 is 0. The topological polar surface area (TPSA) is 58.6 Å². The molecule has 1 aromatic rings. The lowest BCUT2D eigenvalue weighted by Crippen LogP contribution is -2.35. The van der Waals surface area contributed by atoms with Crippen LogP contribution in [-0.2, 0) is 21.4 Å². The maximum absolute atomic E-state index is 12.0. The van der Waals surface area contributed by atoms with E-state index in [0.717, 1.165) is 24.8 Å². The molecule has 136 valence electrons. The predicted molar refractivity (Wildman–Crippen MR) is 96.5 cm³/mol. The van der Waals surface area contributed by atoms with E-state index >= 15 is 0 Å². The highest BCUT2D eigenvalue weighted by Crippen LogP contribution is 2.30. The number of cyclic esters (lactones) is 1. The first-order chi connectivity index (χ1) is 11.8. The molecule has 1 N–H and O–H groups in total. The van der Waals surface area contributed by atoms with Gasteiger partial charge in [-0.3, -0.25) is 4.79 Å². The molecule has 1 aliphatic carbocycles. The summed E-state index contributed by atoms with van der Waals surface area (Å²) in [6.45, 7) is 7.57. The molecule has 1 saturated heterocycles. The third kappa shape index (κ3) is 4.74. The van der Waals surface area contributed by atoms with Crippen LogP contribution < -0.4 is 5.32 Å². The summed E-state index contributed by atoms with van der Waals surface area (Å²) in [7, 11) is 0. The minimum atomic E-state index is -0.235. The highest BCUT2D eigenvalue weighted by molar-refractivity contribution is 5.76. The summed E-state index contributed by atoms with van der Waals surface area (Å²) in [5.74, 6) is 0.000758. The van der Waals surface area contributed by atoms with E-state index in [2.05, 4.69) is 50.4 Å². The molecule has 2 amide bonds. The number of rotatable bonds is 6. The monoisotopic (exact) mass is 344 g/mol. The number of nitrogens with one attached hydrogen (secondary N) is 1. The second-order valence-electron chi connectivity index (χ2n) is 8.14. The van der Waals surface area contributed by atoms with Crippen LogP contribution in [0.15, 0.2) is 24.3 Å². The molecule has 1 aliphatic heterocycles. The summed E-state index contributed by atoms with van der Waals surface area (Å²) in [6, 6.07) is 8.83. The number of hydrogen-bond donors (Lipinski definition) is 1. The normalized spacial score (nSPS) is 20.5. The van der Waals surface area contributed by atoms with Crippen molar-refractivity contribution in [1.29, 1.82) is 0 Å². The third-order valence-electron chi connectivity index (χ3n) is 4.88. The summed E-state index contributed by atoms with van der Waals surface area (Å²) in [5.41, 5.74) is 2.60. The van der Waals surface area contributed by atoms with Crippen LogP contribution in [0.1, 0.15) is 51.2 Å². The minimum Gasteiger partial charge on any atom is -0.442 e. The molecule has 1 aromatic carbocycles. The number of nitrogens with zero attached hydrogens (tertiary/aromatic N) is 1. The van der Waals surface area contributed by atoms with Gasteiger partial charge in [-0.05, 0) is 35.8 Å². The van der Waals surface area contributed by atoms with E-state index in [1.165, 1.54) is 5.56 Å². The van der Waals surface area contributed by atoms with Crippen LogP contribution in [0.4, 0.5) is 4.79 Å². The highest BCUT2D eigenvalue weighted by Gasteiger charge is 2.40. The van der Waals surface area contributed by atoms with Crippen molar-refractivity contribution in [2.45, 2.75) is 64.0 Å². The van der Waals surface area contributed by atoms with Crippen LogP contribution in [0.5, 0.6) is 0 Å². The number of carbonyl (C=O) groups excluding carboxylic acids is 2. The molecule has 0 aromatic heterocycles. The molecular weight excluding hydrogens is 316 g/mol. The summed E-state index contributed by atoms with van der Waals surface area (Å²) in [5, 5.41) is 2.89. The lowest BCUT2D eigenvalue weighted by Gasteiger charge is -2.19. The van der Waals surface area contributed by atoms with Gasteiger partial charge in [-0.25, -0.2) is 4.79 Å². The van der Waals surface area contributed by atoms with Crippen molar-refractivity contribution in [2.75, 3.05) is 13.1 Å². The van der Waals surface area contributed by atoms with E-state index in [1.54, 1.807) is 4.90 Å². The number of benzene rings is 1. The van der Waals surface area contributed by atoms with E-state index in [4.69, 9.17) is 4.74 Å². The van der Waals surface area contributed by atoms with Crippen molar-refractivity contribution >= 4 is 12.0 Å². The van der Waals surface area contributed by atoms with Crippen molar-refractivity contribution in [3.05, 3.63) is 35.4 Å². The molecule has 1 atom stereocenters. The Balaban J connectivity index is 1.39. The van der Waals surface area contributed by atoms with Crippen molar-refractivity contribution in [3.8, 4) is 0 Å². The lowest BCUT2D eigenvalue weighted by molar-refractivity contribution is -0.121. The average Bonchev–Trinajstić information content (AvgIpc) is 3.33. The lowest BCUT2D eigenvalue weighted by atomic mass is 9.86. The Morgan fingerprint density at radius 2 is 1.92 bits per heavy atom. The van der Waals surface area contributed by atoms with Crippen molar-refractivity contribution < 1.29 is 14.3 Å². The number of hydrogen-bond acceptors (Lipinski definition) is 3. The number of amides is 2. The van der Waals surface area contributed by atoms with Gasteiger partial charge in [0.15, 0.2) is 0 Å². The van der Waals surface area contributed by atoms with Gasteiger partial charge in [-0.1, -0.05) is 45.0 Å². The maximum atomic E-state index is 12.0. The van der Waals surface area contributed by atoms with E-state index in [9.17, 15) is 9.59 Å². The average molecular weight is 344 g/mol. The number of carbonyl (C=O) groups is 2. The second kappa shape index (κ2) is 7.06. The first-order valence-electron chi connectivity index (χ1n) is 9.16. The Bertz CT molecular complexity index is 629. The van der Waals surface area contributed by atoms with Crippen LogP contribution in [0.2, 0.25) is 0 Å². The van der Waals surface area contributed by atoms with Crippen LogP contribution in [0.3, 0.4) is 0 Å². The fourth-order valence-corrected chi connectivity index (χ4v) is 3.08. The summed E-state index contributed by atoms with van der Waals surface area (Å²) < 4.78 is 5.31. The first-order valence-corrected chi connectivity index (χ1v) is 9.16. The SMILES string of the molecule is CC(C)(C)c1ccc(CCC(=O)NCC2CN(C3CC3)C(=O)O2)cc1. The molecule has 25 heavy (non-hydrogen) atoms. The Labute approximate surface area is 149 Å². The largest absolute Gasteiger partial charge is 0.442 e. The van der Waals surface area contributed by atoms with Crippen LogP contribution in [-0.4, -0.2) is 42.1 Å². The zero-order valence-electron chi connectivity index (χ0n) is 15.4. The Kier molecular flexibility index (Phi) is 5.02. The Morgan fingerprint density at radius 1 is 1.24 bits per heavy atom. The van der Waals surface area contributed by atoms with E-state index in [0.29, 0.717) is 25.6 Å². The Morgan fingerprint density at radius 3 is 2.52 bits per heavy atom. The van der Waals surface area contributed by atoms with Gasteiger partial charge < -0.3 is 15.0 Å². The summed E-state index contributed by atoms with van der Waals surface area (Å²) in [6.07, 6.45) is 2.85. The smallest absolute Gasteiger partial charge is 0.410 e. The summed E-state index contributed by atoms with van der Waals surface area (Å²) in [4.78, 5) is 25.5. The zero-order chi connectivity index (χ0) is 18.0. The Hall–Kier alpha value is -2.04. The molecule has 3 rings (SSSR count). The third-order valence-corrected chi connectivity index (χ3v) is 4.88. The van der Waals surface area contributed by atoms with Crippen molar-refractivity contribution in [1.82, 2.24) is 10.2 Å². The molecule has 5 nitrogen and oxygen atoms in total. The molecule has 1 saturated carbocycles. The van der Waals surface area contributed by atoms with Gasteiger partial charge in [0, 0.05) is 12.5 Å². The van der Waals surface area contributed by atoms with E-state index in [-0.39, 0.29) is 23.5 Å². The standard InChI is InChI=1S/C20H28N2O3/c1-20(2,3)15-7-4-14(5-8-15)6-11-18(23)21-12-17-13-22(16-9-10-16)19(24)25-17/h4-5,7-8,16-17H,6,9-13H2,1-3H3,(H,21,23). The highest BCUT2D eigenvalue weighted by atomic mass is 16.6. The molecule has 1 unspecified atom stereocenters. The first kappa shape index (κ1) is 17.8. The molecule has 5 heteroatoms. The van der Waals surface area contributed by atoms with Gasteiger partial charge in [0.2, 0.25) is 5.91 Å². The van der Waals surface area contributed by atoms with Crippen LogP contribution in [0.25, 0.3) is 0 Å².